The van der Waals surface area contributed by atoms with E-state index in [0.717, 1.165) is 25.9 Å². The fourth-order valence-corrected chi connectivity index (χ4v) is 2.15. The van der Waals surface area contributed by atoms with Crippen molar-refractivity contribution in [3.05, 3.63) is 35.4 Å². The second-order valence-corrected chi connectivity index (χ2v) is 4.42. The van der Waals surface area contributed by atoms with Crippen molar-refractivity contribution in [1.29, 1.82) is 0 Å². The van der Waals surface area contributed by atoms with Crippen LogP contribution in [0.2, 0.25) is 0 Å². The first kappa shape index (κ1) is 12.4. The van der Waals surface area contributed by atoms with Crippen LogP contribution in [0.1, 0.15) is 35.2 Å². The molecule has 0 aliphatic carbocycles. The summed E-state index contributed by atoms with van der Waals surface area (Å²) in [6.07, 6.45) is 3.31. The van der Waals surface area contributed by atoms with E-state index in [2.05, 4.69) is 5.16 Å². The largest absolute Gasteiger partial charge is 0.409 e. The molecule has 0 radical (unpaired) electrons. The zero-order valence-electron chi connectivity index (χ0n) is 10.2. The standard InChI is InChI=1S/C13H17N3O2/c14-12(15-18)10-5-4-6-11(9-10)13(17)16-7-2-1-3-8-16/h4-6,9,18H,1-3,7-8H2,(H2,14,15). The van der Waals surface area contributed by atoms with E-state index in [0.29, 0.717) is 11.1 Å². The molecule has 1 amide bonds. The first-order valence-electron chi connectivity index (χ1n) is 6.09. The third kappa shape index (κ3) is 2.61. The molecule has 1 aliphatic rings. The van der Waals surface area contributed by atoms with Gasteiger partial charge in [0.1, 0.15) is 0 Å². The Balaban J connectivity index is 2.19. The van der Waals surface area contributed by atoms with Gasteiger partial charge < -0.3 is 15.8 Å². The smallest absolute Gasteiger partial charge is 0.253 e. The van der Waals surface area contributed by atoms with Crippen molar-refractivity contribution in [1.82, 2.24) is 4.90 Å². The maximum Gasteiger partial charge on any atom is 0.253 e. The number of rotatable bonds is 2. The van der Waals surface area contributed by atoms with Crippen molar-refractivity contribution in [2.75, 3.05) is 13.1 Å². The second kappa shape index (κ2) is 5.53. The fourth-order valence-electron chi connectivity index (χ4n) is 2.15. The van der Waals surface area contributed by atoms with E-state index in [1.54, 1.807) is 24.3 Å². The summed E-state index contributed by atoms with van der Waals surface area (Å²) in [5.41, 5.74) is 6.66. The Morgan fingerprint density at radius 2 is 1.89 bits per heavy atom. The molecule has 1 fully saturated rings. The van der Waals surface area contributed by atoms with Crippen LogP contribution in [0.3, 0.4) is 0 Å². The molecule has 0 atom stereocenters. The number of benzene rings is 1. The molecular weight excluding hydrogens is 230 g/mol. The maximum absolute atomic E-state index is 12.2. The Morgan fingerprint density at radius 3 is 2.56 bits per heavy atom. The van der Waals surface area contributed by atoms with Gasteiger partial charge in [-0.15, -0.1) is 0 Å². The summed E-state index contributed by atoms with van der Waals surface area (Å²) in [6, 6.07) is 6.86. The molecule has 5 nitrogen and oxygen atoms in total. The van der Waals surface area contributed by atoms with Gasteiger partial charge in [0.15, 0.2) is 5.84 Å². The lowest BCUT2D eigenvalue weighted by atomic mass is 10.1. The lowest BCUT2D eigenvalue weighted by Crippen LogP contribution is -2.35. The molecule has 96 valence electrons. The summed E-state index contributed by atoms with van der Waals surface area (Å²) in [5.74, 6) is 0.0329. The van der Waals surface area contributed by atoms with E-state index in [-0.39, 0.29) is 11.7 Å². The minimum atomic E-state index is 0.0160. The molecular formula is C13H17N3O2. The number of oxime groups is 1. The van der Waals surface area contributed by atoms with Crippen LogP contribution in [0.5, 0.6) is 0 Å². The SMILES string of the molecule is N/C(=N\O)c1cccc(C(=O)N2CCCCC2)c1. The first-order chi connectivity index (χ1) is 8.72. The number of likely N-dealkylation sites (tertiary alicyclic amines) is 1. The quantitative estimate of drug-likeness (QED) is 0.359. The van der Waals surface area contributed by atoms with Crippen molar-refractivity contribution < 1.29 is 10.0 Å². The summed E-state index contributed by atoms with van der Waals surface area (Å²) in [7, 11) is 0. The predicted molar refractivity (Wildman–Crippen MR) is 68.7 cm³/mol. The van der Waals surface area contributed by atoms with Gasteiger partial charge in [0.05, 0.1) is 0 Å². The highest BCUT2D eigenvalue weighted by atomic mass is 16.4. The van der Waals surface area contributed by atoms with Gasteiger partial charge >= 0.3 is 0 Å². The molecule has 0 unspecified atom stereocenters. The van der Waals surface area contributed by atoms with Crippen LogP contribution in [-0.4, -0.2) is 34.9 Å². The number of piperidine rings is 1. The molecule has 0 aromatic heterocycles. The van der Waals surface area contributed by atoms with Crippen LogP contribution >= 0.6 is 0 Å². The molecule has 0 spiro atoms. The molecule has 2 rings (SSSR count). The van der Waals surface area contributed by atoms with Crippen molar-refractivity contribution >= 4 is 11.7 Å². The zero-order chi connectivity index (χ0) is 13.0. The number of hydrogen-bond donors (Lipinski definition) is 2. The predicted octanol–water partition coefficient (Wildman–Crippen LogP) is 1.41. The van der Waals surface area contributed by atoms with Crippen molar-refractivity contribution in [2.45, 2.75) is 19.3 Å². The number of hydrogen-bond acceptors (Lipinski definition) is 3. The number of nitrogens with two attached hydrogens (primary N) is 1. The summed E-state index contributed by atoms with van der Waals surface area (Å²) < 4.78 is 0. The zero-order valence-corrected chi connectivity index (χ0v) is 10.2. The molecule has 0 saturated carbocycles. The lowest BCUT2D eigenvalue weighted by molar-refractivity contribution is 0.0724. The highest BCUT2D eigenvalue weighted by Crippen LogP contribution is 2.14. The van der Waals surface area contributed by atoms with E-state index < -0.39 is 0 Å². The topological polar surface area (TPSA) is 78.9 Å². The van der Waals surface area contributed by atoms with Gasteiger partial charge in [-0.3, -0.25) is 4.79 Å². The maximum atomic E-state index is 12.2. The Hall–Kier alpha value is -2.04. The lowest BCUT2D eigenvalue weighted by Gasteiger charge is -2.26. The highest BCUT2D eigenvalue weighted by molar-refractivity contribution is 6.01. The second-order valence-electron chi connectivity index (χ2n) is 4.42. The van der Waals surface area contributed by atoms with Gasteiger partial charge in [0, 0.05) is 24.2 Å². The molecule has 18 heavy (non-hydrogen) atoms. The molecule has 1 heterocycles. The molecule has 3 N–H and O–H groups in total. The third-order valence-corrected chi connectivity index (χ3v) is 3.16. The summed E-state index contributed by atoms with van der Waals surface area (Å²) in [6.45, 7) is 1.62. The number of amides is 1. The minimum absolute atomic E-state index is 0.0160. The van der Waals surface area contributed by atoms with Gasteiger partial charge in [-0.05, 0) is 31.4 Å². The van der Waals surface area contributed by atoms with Gasteiger partial charge in [-0.1, -0.05) is 17.3 Å². The van der Waals surface area contributed by atoms with Gasteiger partial charge in [0.25, 0.3) is 5.91 Å². The van der Waals surface area contributed by atoms with Crippen molar-refractivity contribution in [3.63, 3.8) is 0 Å². The third-order valence-electron chi connectivity index (χ3n) is 3.16. The highest BCUT2D eigenvalue weighted by Gasteiger charge is 2.18. The van der Waals surface area contributed by atoms with E-state index >= 15 is 0 Å². The van der Waals surface area contributed by atoms with Crippen LogP contribution in [0, 0.1) is 0 Å². The molecule has 5 heteroatoms. The monoisotopic (exact) mass is 247 g/mol. The summed E-state index contributed by atoms with van der Waals surface area (Å²) in [5, 5.41) is 11.6. The van der Waals surface area contributed by atoms with Crippen LogP contribution in [0.4, 0.5) is 0 Å². The van der Waals surface area contributed by atoms with Crippen molar-refractivity contribution in [2.24, 2.45) is 10.9 Å². The molecule has 1 saturated heterocycles. The first-order valence-corrected chi connectivity index (χ1v) is 6.09. The van der Waals surface area contributed by atoms with E-state index in [1.807, 2.05) is 4.90 Å². The Bertz CT molecular complexity index is 465. The van der Waals surface area contributed by atoms with Gasteiger partial charge in [-0.25, -0.2) is 0 Å². The Kier molecular flexibility index (Phi) is 3.82. The summed E-state index contributed by atoms with van der Waals surface area (Å²) >= 11 is 0. The van der Waals surface area contributed by atoms with E-state index in [1.165, 1.54) is 6.42 Å². The number of nitrogens with zero attached hydrogens (tertiary/aromatic N) is 2. The molecule has 1 aliphatic heterocycles. The van der Waals surface area contributed by atoms with Crippen molar-refractivity contribution in [3.8, 4) is 0 Å². The fraction of sp³-hybridized carbons (Fsp3) is 0.385. The average Bonchev–Trinajstić information content (AvgIpc) is 2.46. The molecule has 1 aromatic carbocycles. The minimum Gasteiger partial charge on any atom is -0.409 e. The van der Waals surface area contributed by atoms with Gasteiger partial charge in [0.2, 0.25) is 0 Å². The van der Waals surface area contributed by atoms with Crippen LogP contribution in [0.25, 0.3) is 0 Å². The Morgan fingerprint density at radius 1 is 1.22 bits per heavy atom. The Labute approximate surface area is 106 Å². The van der Waals surface area contributed by atoms with Crippen LogP contribution in [-0.2, 0) is 0 Å². The van der Waals surface area contributed by atoms with E-state index in [9.17, 15) is 4.79 Å². The average molecular weight is 247 g/mol. The van der Waals surface area contributed by atoms with E-state index in [4.69, 9.17) is 10.9 Å². The van der Waals surface area contributed by atoms with Crippen LogP contribution < -0.4 is 5.73 Å². The van der Waals surface area contributed by atoms with Crippen LogP contribution in [0.15, 0.2) is 29.4 Å². The molecule has 1 aromatic rings. The molecule has 0 bridgehead atoms. The normalized spacial score (nSPS) is 16.7. The number of carbonyl (C=O) groups excluding carboxylic acids is 1. The number of carbonyl (C=O) groups is 1. The number of amidine groups is 1. The van der Waals surface area contributed by atoms with Gasteiger partial charge in [-0.2, -0.15) is 0 Å². The summed E-state index contributed by atoms with van der Waals surface area (Å²) in [4.78, 5) is 14.1.